The van der Waals surface area contributed by atoms with Crippen molar-refractivity contribution in [3.63, 3.8) is 0 Å². The molecule has 0 unspecified atom stereocenters. The summed E-state index contributed by atoms with van der Waals surface area (Å²) in [5.41, 5.74) is 3.66. The van der Waals surface area contributed by atoms with Gasteiger partial charge in [0.15, 0.2) is 0 Å². The van der Waals surface area contributed by atoms with Crippen LogP contribution in [0, 0.1) is 0 Å². The maximum atomic E-state index is 5.48. The number of hydrogen-bond acceptors (Lipinski definition) is 2. The highest BCUT2D eigenvalue weighted by Crippen LogP contribution is 2.27. The Morgan fingerprint density at radius 2 is 1.67 bits per heavy atom. The maximum absolute atomic E-state index is 5.48. The minimum atomic E-state index is 0.868. The van der Waals surface area contributed by atoms with E-state index in [-0.39, 0.29) is 0 Å². The van der Waals surface area contributed by atoms with Crippen LogP contribution in [0.1, 0.15) is 11.1 Å². The highest BCUT2D eigenvalue weighted by molar-refractivity contribution is 5.61. The van der Waals surface area contributed by atoms with Crippen LogP contribution < -0.4 is 4.74 Å². The van der Waals surface area contributed by atoms with Gasteiger partial charge < -0.3 is 9.15 Å². The van der Waals surface area contributed by atoms with Crippen molar-refractivity contribution in [2.45, 2.75) is 12.8 Å². The lowest BCUT2D eigenvalue weighted by atomic mass is 10.0. The third kappa shape index (κ3) is 3.34. The van der Waals surface area contributed by atoms with Gasteiger partial charge in [-0.2, -0.15) is 0 Å². The second-order valence-electron chi connectivity index (χ2n) is 5.03. The zero-order valence-corrected chi connectivity index (χ0v) is 12.1. The molecule has 0 aliphatic carbocycles. The summed E-state index contributed by atoms with van der Waals surface area (Å²) < 4.78 is 10.9. The fraction of sp³-hybridized carbons (Fsp3) is 0.158. The van der Waals surface area contributed by atoms with Gasteiger partial charge in [-0.1, -0.05) is 30.3 Å². The summed E-state index contributed by atoms with van der Waals surface area (Å²) in [6.07, 6.45) is 3.69. The second-order valence-corrected chi connectivity index (χ2v) is 5.03. The summed E-state index contributed by atoms with van der Waals surface area (Å²) in [5.74, 6) is 1.74. The molecule has 0 spiro atoms. The van der Waals surface area contributed by atoms with E-state index in [0.717, 1.165) is 29.9 Å². The molecule has 106 valence electrons. The molecular weight excluding hydrogens is 260 g/mol. The van der Waals surface area contributed by atoms with Crippen LogP contribution in [0.2, 0.25) is 0 Å². The first-order valence-corrected chi connectivity index (χ1v) is 7.11. The van der Waals surface area contributed by atoms with Gasteiger partial charge in [0.05, 0.1) is 13.4 Å². The summed E-state index contributed by atoms with van der Waals surface area (Å²) in [4.78, 5) is 0. The fourth-order valence-electron chi connectivity index (χ4n) is 2.44. The number of aryl methyl sites for hydroxylation is 2. The molecule has 1 heterocycles. The van der Waals surface area contributed by atoms with Crippen LogP contribution in [0.15, 0.2) is 71.3 Å². The molecule has 0 bridgehead atoms. The van der Waals surface area contributed by atoms with Gasteiger partial charge >= 0.3 is 0 Å². The lowest BCUT2D eigenvalue weighted by Crippen LogP contribution is -1.93. The van der Waals surface area contributed by atoms with Crippen molar-refractivity contribution in [3.05, 3.63) is 78.1 Å². The number of benzene rings is 2. The van der Waals surface area contributed by atoms with E-state index in [1.807, 2.05) is 24.3 Å². The topological polar surface area (TPSA) is 22.4 Å². The van der Waals surface area contributed by atoms with Gasteiger partial charge in [0, 0.05) is 5.56 Å². The summed E-state index contributed by atoms with van der Waals surface area (Å²) in [6, 6.07) is 20.7. The molecule has 0 atom stereocenters. The van der Waals surface area contributed by atoms with Crippen LogP contribution in [0.4, 0.5) is 0 Å². The van der Waals surface area contributed by atoms with Crippen molar-refractivity contribution >= 4 is 0 Å². The van der Waals surface area contributed by atoms with Crippen LogP contribution >= 0.6 is 0 Å². The Morgan fingerprint density at radius 3 is 2.38 bits per heavy atom. The van der Waals surface area contributed by atoms with Gasteiger partial charge in [-0.05, 0) is 54.3 Å². The number of hydrogen-bond donors (Lipinski definition) is 0. The molecule has 2 heteroatoms. The van der Waals surface area contributed by atoms with Gasteiger partial charge in [0.2, 0.25) is 0 Å². The predicted octanol–water partition coefficient (Wildman–Crippen LogP) is 4.74. The normalized spacial score (nSPS) is 10.5. The van der Waals surface area contributed by atoms with Crippen molar-refractivity contribution in [2.75, 3.05) is 7.11 Å². The Labute approximate surface area is 125 Å². The Morgan fingerprint density at radius 1 is 0.857 bits per heavy atom. The molecule has 0 aliphatic rings. The lowest BCUT2D eigenvalue weighted by Gasteiger charge is -2.08. The molecule has 0 N–H and O–H groups in total. The molecule has 0 aliphatic heterocycles. The monoisotopic (exact) mass is 278 g/mol. The Balaban J connectivity index is 1.83. The smallest absolute Gasteiger partial charge is 0.133 e. The van der Waals surface area contributed by atoms with Crippen LogP contribution in [0.25, 0.3) is 11.3 Å². The fourth-order valence-corrected chi connectivity index (χ4v) is 2.44. The van der Waals surface area contributed by atoms with Crippen LogP contribution in [-0.2, 0) is 12.8 Å². The molecule has 0 radical (unpaired) electrons. The van der Waals surface area contributed by atoms with Crippen LogP contribution in [-0.4, -0.2) is 7.11 Å². The van der Waals surface area contributed by atoms with E-state index in [1.165, 1.54) is 11.1 Å². The standard InChI is InChI=1S/C19H18O2/c1-20-18-13-16(10-9-15-6-3-2-4-7-15)12-17(14-18)19-8-5-11-21-19/h2-8,11-14H,9-10H2,1H3. The average Bonchev–Trinajstić information content (AvgIpc) is 3.08. The minimum absolute atomic E-state index is 0.868. The maximum Gasteiger partial charge on any atom is 0.133 e. The summed E-state index contributed by atoms with van der Waals surface area (Å²) in [6.45, 7) is 0. The zero-order valence-electron chi connectivity index (χ0n) is 12.1. The molecule has 0 amide bonds. The van der Waals surface area contributed by atoms with Crippen molar-refractivity contribution in [3.8, 4) is 17.1 Å². The average molecular weight is 278 g/mol. The van der Waals surface area contributed by atoms with Crippen molar-refractivity contribution < 1.29 is 9.15 Å². The van der Waals surface area contributed by atoms with E-state index in [1.54, 1.807) is 13.4 Å². The largest absolute Gasteiger partial charge is 0.497 e. The molecule has 21 heavy (non-hydrogen) atoms. The minimum Gasteiger partial charge on any atom is -0.497 e. The molecule has 3 rings (SSSR count). The second kappa shape index (κ2) is 6.31. The molecular formula is C19H18O2. The first-order valence-electron chi connectivity index (χ1n) is 7.11. The van der Waals surface area contributed by atoms with Crippen molar-refractivity contribution in [1.29, 1.82) is 0 Å². The highest BCUT2D eigenvalue weighted by Gasteiger charge is 2.06. The Bertz CT molecular complexity index is 685. The van der Waals surface area contributed by atoms with E-state index in [4.69, 9.17) is 9.15 Å². The molecule has 0 saturated heterocycles. The van der Waals surface area contributed by atoms with E-state index in [2.05, 4.69) is 36.4 Å². The highest BCUT2D eigenvalue weighted by atomic mass is 16.5. The van der Waals surface area contributed by atoms with E-state index >= 15 is 0 Å². The third-order valence-corrected chi connectivity index (χ3v) is 3.55. The molecule has 2 nitrogen and oxygen atoms in total. The van der Waals surface area contributed by atoms with Crippen LogP contribution in [0.3, 0.4) is 0 Å². The number of furan rings is 1. The van der Waals surface area contributed by atoms with Gasteiger partial charge in [-0.15, -0.1) is 0 Å². The molecule has 2 aromatic carbocycles. The molecule has 0 saturated carbocycles. The molecule has 1 aromatic heterocycles. The summed E-state index contributed by atoms with van der Waals surface area (Å²) in [5, 5.41) is 0. The van der Waals surface area contributed by atoms with Gasteiger partial charge in [-0.3, -0.25) is 0 Å². The summed E-state index contributed by atoms with van der Waals surface area (Å²) >= 11 is 0. The van der Waals surface area contributed by atoms with E-state index in [0.29, 0.717) is 0 Å². The summed E-state index contributed by atoms with van der Waals surface area (Å²) in [7, 11) is 1.70. The Hall–Kier alpha value is -2.48. The SMILES string of the molecule is COc1cc(CCc2ccccc2)cc(-c2ccco2)c1. The van der Waals surface area contributed by atoms with E-state index < -0.39 is 0 Å². The first-order chi connectivity index (χ1) is 10.3. The zero-order chi connectivity index (χ0) is 14.5. The quantitative estimate of drug-likeness (QED) is 0.672. The molecule has 0 fully saturated rings. The molecule has 3 aromatic rings. The van der Waals surface area contributed by atoms with Gasteiger partial charge in [-0.25, -0.2) is 0 Å². The Kier molecular flexibility index (Phi) is 4.06. The third-order valence-electron chi connectivity index (χ3n) is 3.55. The number of methoxy groups -OCH3 is 1. The number of ether oxygens (including phenoxy) is 1. The van der Waals surface area contributed by atoms with Gasteiger partial charge in [0.1, 0.15) is 11.5 Å². The van der Waals surface area contributed by atoms with Crippen molar-refractivity contribution in [1.82, 2.24) is 0 Å². The van der Waals surface area contributed by atoms with Crippen LogP contribution in [0.5, 0.6) is 5.75 Å². The van der Waals surface area contributed by atoms with Gasteiger partial charge in [0.25, 0.3) is 0 Å². The number of rotatable bonds is 5. The van der Waals surface area contributed by atoms with Crippen molar-refractivity contribution in [2.24, 2.45) is 0 Å². The lowest BCUT2D eigenvalue weighted by molar-refractivity contribution is 0.414. The van der Waals surface area contributed by atoms with E-state index in [9.17, 15) is 0 Å². The predicted molar refractivity (Wildman–Crippen MR) is 84.5 cm³/mol. The first kappa shape index (κ1) is 13.5.